The van der Waals surface area contributed by atoms with Gasteiger partial charge >= 0.3 is 0 Å². The molecule has 0 aliphatic heterocycles. The molecule has 0 amide bonds. The van der Waals surface area contributed by atoms with Crippen molar-refractivity contribution in [1.82, 2.24) is 0 Å². The Kier molecular flexibility index (Phi) is 8.29. The molecule has 0 saturated heterocycles. The van der Waals surface area contributed by atoms with E-state index in [2.05, 4.69) is 17.9 Å². The Morgan fingerprint density at radius 2 is 1.81 bits per heavy atom. The summed E-state index contributed by atoms with van der Waals surface area (Å²) in [6.07, 6.45) is 1.26. The van der Waals surface area contributed by atoms with Gasteiger partial charge in [-0.3, -0.25) is 0 Å². The van der Waals surface area contributed by atoms with Crippen molar-refractivity contribution in [2.24, 2.45) is 11.8 Å². The summed E-state index contributed by atoms with van der Waals surface area (Å²) >= 11 is 0. The number of rotatable bonds is 10. The van der Waals surface area contributed by atoms with Crippen molar-refractivity contribution in [2.75, 3.05) is 13.7 Å². The van der Waals surface area contributed by atoms with E-state index in [1.54, 1.807) is 6.92 Å². The summed E-state index contributed by atoms with van der Waals surface area (Å²) in [7, 11) is 1.21. The molecule has 0 aliphatic rings. The van der Waals surface area contributed by atoms with E-state index < -0.39 is 23.2 Å². The lowest BCUT2D eigenvalue weighted by molar-refractivity contribution is 0.244. The van der Waals surface area contributed by atoms with Gasteiger partial charge in [-0.1, -0.05) is 27.0 Å². The third-order valence-corrected chi connectivity index (χ3v) is 4.11. The third kappa shape index (κ3) is 6.17. The van der Waals surface area contributed by atoms with Crippen LogP contribution < -0.4 is 4.74 Å². The lowest BCUT2D eigenvalue weighted by Gasteiger charge is -2.18. The summed E-state index contributed by atoms with van der Waals surface area (Å²) < 4.78 is 51.1. The fourth-order valence-corrected chi connectivity index (χ4v) is 2.18. The largest absolute Gasteiger partial charge is 0.505 e. The van der Waals surface area contributed by atoms with Gasteiger partial charge in [0.1, 0.15) is 11.5 Å². The number of methoxy groups -OCH3 is 1. The molecule has 0 fully saturated rings. The van der Waals surface area contributed by atoms with Crippen molar-refractivity contribution in [3.8, 4) is 11.5 Å². The molecule has 0 saturated carbocycles. The molecule has 0 bridgehead atoms. The number of hydrogen-bond acceptors (Lipinski definition) is 3. The Labute approximate surface area is 152 Å². The van der Waals surface area contributed by atoms with Crippen LogP contribution in [0.15, 0.2) is 54.3 Å². The van der Waals surface area contributed by atoms with Crippen molar-refractivity contribution < 1.29 is 27.8 Å². The first-order valence-electron chi connectivity index (χ1n) is 8.26. The number of aromatic hydroxyl groups is 1. The van der Waals surface area contributed by atoms with Crippen LogP contribution in [0.1, 0.15) is 26.7 Å². The average Bonchev–Trinajstić information content (AvgIpc) is 2.64. The minimum atomic E-state index is -1.14. The van der Waals surface area contributed by atoms with Gasteiger partial charge in [-0.15, -0.1) is 0 Å². The highest BCUT2D eigenvalue weighted by Gasteiger charge is 2.19. The summed E-state index contributed by atoms with van der Waals surface area (Å²) in [4.78, 5) is 0. The monoisotopic (exact) mass is 370 g/mol. The number of benzene rings is 1. The minimum absolute atomic E-state index is 0.0504. The van der Waals surface area contributed by atoms with Gasteiger partial charge in [0.15, 0.2) is 23.2 Å². The number of allylic oxidation sites excluding steroid dienone is 3. The van der Waals surface area contributed by atoms with Crippen molar-refractivity contribution in [3.63, 3.8) is 0 Å². The highest BCUT2D eigenvalue weighted by molar-refractivity contribution is 5.33. The predicted octanol–water partition coefficient (Wildman–Crippen LogP) is 5.83. The van der Waals surface area contributed by atoms with E-state index in [1.165, 1.54) is 19.2 Å². The van der Waals surface area contributed by atoms with Crippen molar-refractivity contribution >= 4 is 0 Å². The quantitative estimate of drug-likeness (QED) is 0.416. The predicted molar refractivity (Wildman–Crippen MR) is 95.7 cm³/mol. The van der Waals surface area contributed by atoms with Crippen LogP contribution >= 0.6 is 0 Å². The Morgan fingerprint density at radius 1 is 1.15 bits per heavy atom. The zero-order chi connectivity index (χ0) is 19.9. The van der Waals surface area contributed by atoms with Crippen LogP contribution in [0.4, 0.5) is 13.2 Å². The van der Waals surface area contributed by atoms with Crippen LogP contribution in [0.2, 0.25) is 0 Å². The average molecular weight is 370 g/mol. The van der Waals surface area contributed by atoms with Crippen molar-refractivity contribution in [1.29, 1.82) is 0 Å². The van der Waals surface area contributed by atoms with E-state index in [0.29, 0.717) is 25.2 Å². The molecular weight excluding hydrogens is 345 g/mol. The number of phenolic OH excluding ortho intramolecular Hbond substituents is 1. The van der Waals surface area contributed by atoms with Gasteiger partial charge in [0.05, 0.1) is 13.7 Å². The maximum absolute atomic E-state index is 14.0. The third-order valence-electron chi connectivity index (χ3n) is 4.11. The molecule has 2 unspecified atom stereocenters. The summed E-state index contributed by atoms with van der Waals surface area (Å²) in [6, 6.07) is 3.80. The molecule has 0 spiro atoms. The van der Waals surface area contributed by atoms with Crippen LogP contribution in [0.5, 0.6) is 11.5 Å². The zero-order valence-corrected chi connectivity index (χ0v) is 15.3. The van der Waals surface area contributed by atoms with Crippen LogP contribution in [0.25, 0.3) is 0 Å². The lowest BCUT2D eigenvalue weighted by atomic mass is 9.92. The molecule has 1 aromatic rings. The maximum Gasteiger partial charge on any atom is 0.200 e. The molecule has 2 atom stereocenters. The van der Waals surface area contributed by atoms with Gasteiger partial charge in [-0.05, 0) is 42.4 Å². The second kappa shape index (κ2) is 9.94. The number of ether oxygens (including phenoxy) is 2. The molecule has 3 nitrogen and oxygen atoms in total. The van der Waals surface area contributed by atoms with Crippen LogP contribution in [0, 0.1) is 17.7 Å². The Hall–Kier alpha value is -2.37. The van der Waals surface area contributed by atoms with Crippen LogP contribution in [-0.4, -0.2) is 18.8 Å². The summed E-state index contributed by atoms with van der Waals surface area (Å²) in [5, 5.41) is 9.14. The normalized spacial score (nSPS) is 14.2. The van der Waals surface area contributed by atoms with Crippen molar-refractivity contribution in [2.45, 2.75) is 26.7 Å². The smallest absolute Gasteiger partial charge is 0.200 e. The summed E-state index contributed by atoms with van der Waals surface area (Å²) in [6.45, 7) is 10.9. The molecule has 1 aromatic carbocycles. The Bertz CT molecular complexity index is 683. The molecule has 0 aromatic heterocycles. The SMILES string of the molecule is C=C(OC)/C(F)=C(/F)C(=C)C(C)CCC(C)COc1ccc(O)c(F)c1. The van der Waals surface area contributed by atoms with Gasteiger partial charge in [0, 0.05) is 6.07 Å². The van der Waals surface area contributed by atoms with Crippen LogP contribution in [0.3, 0.4) is 0 Å². The molecule has 0 radical (unpaired) electrons. The summed E-state index contributed by atoms with van der Waals surface area (Å²) in [5.41, 5.74) is 0.0504. The highest BCUT2D eigenvalue weighted by atomic mass is 19.2. The standard InChI is InChI=1S/C20H25F3O3/c1-12(11-26-16-8-9-18(24)17(21)10-16)6-7-13(2)14(3)19(22)20(23)15(4)25-5/h8-10,12-13,24H,3-4,6-7,11H2,1-2,5H3/b20-19-. The molecular formula is C20H25F3O3. The summed E-state index contributed by atoms with van der Waals surface area (Å²) in [5.74, 6) is -3.61. The van der Waals surface area contributed by atoms with E-state index in [0.717, 1.165) is 6.07 Å². The minimum Gasteiger partial charge on any atom is -0.505 e. The fourth-order valence-electron chi connectivity index (χ4n) is 2.18. The Balaban J connectivity index is 2.50. The second-order valence-corrected chi connectivity index (χ2v) is 6.29. The molecule has 0 aliphatic carbocycles. The van der Waals surface area contributed by atoms with E-state index in [1.807, 2.05) is 6.92 Å². The first-order chi connectivity index (χ1) is 12.2. The Morgan fingerprint density at radius 3 is 2.38 bits per heavy atom. The van der Waals surface area contributed by atoms with E-state index in [-0.39, 0.29) is 23.2 Å². The van der Waals surface area contributed by atoms with Gasteiger partial charge in [-0.2, -0.15) is 4.39 Å². The molecule has 1 N–H and O–H groups in total. The van der Waals surface area contributed by atoms with Gasteiger partial charge in [0.2, 0.25) is 0 Å². The molecule has 0 heterocycles. The lowest BCUT2D eigenvalue weighted by Crippen LogP contribution is -2.11. The van der Waals surface area contributed by atoms with Gasteiger partial charge < -0.3 is 14.6 Å². The molecule has 26 heavy (non-hydrogen) atoms. The molecule has 6 heteroatoms. The number of halogens is 3. The first-order valence-corrected chi connectivity index (χ1v) is 8.26. The van der Waals surface area contributed by atoms with Gasteiger partial charge in [-0.25, -0.2) is 8.78 Å². The second-order valence-electron chi connectivity index (χ2n) is 6.29. The van der Waals surface area contributed by atoms with Crippen molar-refractivity contribution in [3.05, 3.63) is 60.2 Å². The van der Waals surface area contributed by atoms with E-state index >= 15 is 0 Å². The van der Waals surface area contributed by atoms with Gasteiger partial charge in [0.25, 0.3) is 0 Å². The number of hydrogen-bond donors (Lipinski definition) is 1. The maximum atomic E-state index is 14.0. The van der Waals surface area contributed by atoms with E-state index in [4.69, 9.17) is 9.84 Å². The van der Waals surface area contributed by atoms with E-state index in [9.17, 15) is 13.2 Å². The molecule has 144 valence electrons. The fraction of sp³-hybridized carbons (Fsp3) is 0.400. The topological polar surface area (TPSA) is 38.7 Å². The molecule has 1 rings (SSSR count). The highest BCUT2D eigenvalue weighted by Crippen LogP contribution is 2.30. The zero-order valence-electron chi connectivity index (χ0n) is 15.3. The number of phenols is 1. The van der Waals surface area contributed by atoms with Crippen LogP contribution in [-0.2, 0) is 4.74 Å². The first kappa shape index (κ1) is 21.7.